The standard InChI is InChI=1S/C14H18ClNO3/c1-9-4-11(15)2-3-13(9)19-8-14(18)16-7-10-5-12(17)6-10/h2-4,10,12,17H,5-8H2,1H3,(H,16,18). The molecule has 2 rings (SSSR count). The number of aliphatic hydroxyl groups is 1. The van der Waals surface area contributed by atoms with Crippen molar-refractivity contribution in [3.8, 4) is 5.75 Å². The number of aliphatic hydroxyl groups excluding tert-OH is 1. The Hall–Kier alpha value is -1.26. The highest BCUT2D eigenvalue weighted by molar-refractivity contribution is 6.30. The van der Waals surface area contributed by atoms with Gasteiger partial charge in [-0.05, 0) is 49.4 Å². The van der Waals surface area contributed by atoms with Gasteiger partial charge in [0.05, 0.1) is 6.10 Å². The van der Waals surface area contributed by atoms with E-state index >= 15 is 0 Å². The lowest BCUT2D eigenvalue weighted by atomic mass is 9.82. The third-order valence-corrected chi connectivity index (χ3v) is 3.53. The third kappa shape index (κ3) is 4.11. The summed E-state index contributed by atoms with van der Waals surface area (Å²) in [6.45, 7) is 2.49. The predicted octanol–water partition coefficient (Wildman–Crippen LogP) is 1.91. The first kappa shape index (κ1) is 14.2. The van der Waals surface area contributed by atoms with Gasteiger partial charge in [-0.15, -0.1) is 0 Å². The fourth-order valence-corrected chi connectivity index (χ4v) is 2.32. The second-order valence-corrected chi connectivity index (χ2v) is 5.43. The lowest BCUT2D eigenvalue weighted by Crippen LogP contribution is -2.39. The van der Waals surface area contributed by atoms with E-state index in [9.17, 15) is 4.79 Å². The van der Waals surface area contributed by atoms with Crippen molar-refractivity contribution in [1.82, 2.24) is 5.32 Å². The molecule has 0 saturated heterocycles. The number of ether oxygens (including phenoxy) is 1. The van der Waals surface area contributed by atoms with E-state index in [1.165, 1.54) is 0 Å². The number of hydrogen-bond acceptors (Lipinski definition) is 3. The molecule has 0 aromatic heterocycles. The highest BCUT2D eigenvalue weighted by Crippen LogP contribution is 2.26. The average Bonchev–Trinajstić information content (AvgIpc) is 2.32. The zero-order valence-electron chi connectivity index (χ0n) is 10.9. The minimum atomic E-state index is -0.185. The number of benzene rings is 1. The van der Waals surface area contributed by atoms with Gasteiger partial charge < -0.3 is 15.2 Å². The van der Waals surface area contributed by atoms with Crippen LogP contribution in [0.1, 0.15) is 18.4 Å². The smallest absolute Gasteiger partial charge is 0.257 e. The van der Waals surface area contributed by atoms with E-state index in [4.69, 9.17) is 21.4 Å². The monoisotopic (exact) mass is 283 g/mol. The average molecular weight is 284 g/mol. The number of aryl methyl sites for hydroxylation is 1. The molecule has 0 spiro atoms. The molecule has 1 aliphatic rings. The van der Waals surface area contributed by atoms with E-state index in [1.807, 2.05) is 6.92 Å². The second kappa shape index (κ2) is 6.26. The Morgan fingerprint density at radius 2 is 2.26 bits per heavy atom. The zero-order chi connectivity index (χ0) is 13.8. The lowest BCUT2D eigenvalue weighted by molar-refractivity contribution is -0.123. The number of rotatable bonds is 5. The zero-order valence-corrected chi connectivity index (χ0v) is 11.6. The Labute approximate surface area is 117 Å². The molecule has 0 bridgehead atoms. The van der Waals surface area contributed by atoms with Crippen molar-refractivity contribution >= 4 is 17.5 Å². The van der Waals surface area contributed by atoms with Crippen LogP contribution in [-0.2, 0) is 4.79 Å². The van der Waals surface area contributed by atoms with Crippen molar-refractivity contribution in [1.29, 1.82) is 0 Å². The molecule has 0 unspecified atom stereocenters. The highest BCUT2D eigenvalue weighted by atomic mass is 35.5. The highest BCUT2D eigenvalue weighted by Gasteiger charge is 2.27. The molecule has 1 saturated carbocycles. The van der Waals surface area contributed by atoms with Crippen LogP contribution in [0.15, 0.2) is 18.2 Å². The lowest BCUT2D eigenvalue weighted by Gasteiger charge is -2.31. The van der Waals surface area contributed by atoms with Gasteiger partial charge in [-0.1, -0.05) is 11.6 Å². The molecule has 0 radical (unpaired) electrons. The Morgan fingerprint density at radius 1 is 1.53 bits per heavy atom. The van der Waals surface area contributed by atoms with Crippen LogP contribution in [0.4, 0.5) is 0 Å². The molecule has 104 valence electrons. The van der Waals surface area contributed by atoms with Crippen molar-refractivity contribution < 1.29 is 14.6 Å². The maximum atomic E-state index is 11.6. The molecule has 2 N–H and O–H groups in total. The number of nitrogens with one attached hydrogen (secondary N) is 1. The normalized spacial score (nSPS) is 21.6. The molecular weight excluding hydrogens is 266 g/mol. The Kier molecular flexibility index (Phi) is 4.66. The Morgan fingerprint density at radius 3 is 2.89 bits per heavy atom. The Balaban J connectivity index is 1.71. The molecule has 5 heteroatoms. The first-order chi connectivity index (χ1) is 9.04. The van der Waals surface area contributed by atoms with Crippen LogP contribution in [0, 0.1) is 12.8 Å². The summed E-state index contributed by atoms with van der Waals surface area (Å²) in [7, 11) is 0. The van der Waals surface area contributed by atoms with Crippen LogP contribution >= 0.6 is 11.6 Å². The Bertz CT molecular complexity index is 458. The van der Waals surface area contributed by atoms with Gasteiger partial charge in [0, 0.05) is 11.6 Å². The minimum Gasteiger partial charge on any atom is -0.484 e. The number of carbonyl (C=O) groups is 1. The molecule has 0 heterocycles. The van der Waals surface area contributed by atoms with E-state index in [0.717, 1.165) is 18.4 Å². The van der Waals surface area contributed by atoms with Crippen LogP contribution in [0.25, 0.3) is 0 Å². The van der Waals surface area contributed by atoms with Crippen molar-refractivity contribution in [2.75, 3.05) is 13.2 Å². The maximum absolute atomic E-state index is 11.6. The second-order valence-electron chi connectivity index (χ2n) is 4.99. The maximum Gasteiger partial charge on any atom is 0.257 e. The van der Waals surface area contributed by atoms with E-state index in [2.05, 4.69) is 5.32 Å². The largest absolute Gasteiger partial charge is 0.484 e. The quantitative estimate of drug-likeness (QED) is 0.868. The third-order valence-electron chi connectivity index (χ3n) is 3.29. The van der Waals surface area contributed by atoms with Crippen LogP contribution in [0.3, 0.4) is 0 Å². The molecule has 1 aromatic rings. The van der Waals surface area contributed by atoms with Crippen LogP contribution in [-0.4, -0.2) is 30.3 Å². The van der Waals surface area contributed by atoms with Crippen LogP contribution in [0.2, 0.25) is 5.02 Å². The first-order valence-corrected chi connectivity index (χ1v) is 6.76. The molecule has 1 fully saturated rings. The van der Waals surface area contributed by atoms with E-state index in [1.54, 1.807) is 18.2 Å². The summed E-state index contributed by atoms with van der Waals surface area (Å²) in [6, 6.07) is 5.29. The number of carbonyl (C=O) groups excluding carboxylic acids is 1. The van der Waals surface area contributed by atoms with Gasteiger partial charge in [-0.3, -0.25) is 4.79 Å². The minimum absolute atomic E-state index is 0.00224. The van der Waals surface area contributed by atoms with E-state index in [0.29, 0.717) is 23.2 Å². The number of halogens is 1. The summed E-state index contributed by atoms with van der Waals surface area (Å²) in [5.41, 5.74) is 0.905. The number of amides is 1. The van der Waals surface area contributed by atoms with Crippen LogP contribution in [0.5, 0.6) is 5.75 Å². The van der Waals surface area contributed by atoms with Gasteiger partial charge in [0.25, 0.3) is 5.91 Å². The summed E-state index contributed by atoms with van der Waals surface area (Å²) in [5, 5.41) is 12.6. The van der Waals surface area contributed by atoms with Crippen LogP contribution < -0.4 is 10.1 Å². The van der Waals surface area contributed by atoms with Crippen molar-refractivity contribution in [3.05, 3.63) is 28.8 Å². The summed E-state index contributed by atoms with van der Waals surface area (Å²) in [5.74, 6) is 0.922. The van der Waals surface area contributed by atoms with E-state index in [-0.39, 0.29) is 18.6 Å². The molecule has 0 atom stereocenters. The SMILES string of the molecule is Cc1cc(Cl)ccc1OCC(=O)NCC1CC(O)C1. The molecule has 1 aliphatic carbocycles. The van der Waals surface area contributed by atoms with Gasteiger partial charge in [0.15, 0.2) is 6.61 Å². The molecule has 19 heavy (non-hydrogen) atoms. The molecule has 0 aliphatic heterocycles. The fraction of sp³-hybridized carbons (Fsp3) is 0.500. The van der Waals surface area contributed by atoms with Crippen molar-refractivity contribution in [2.24, 2.45) is 5.92 Å². The van der Waals surface area contributed by atoms with Crippen molar-refractivity contribution in [3.63, 3.8) is 0 Å². The molecule has 4 nitrogen and oxygen atoms in total. The summed E-state index contributed by atoms with van der Waals surface area (Å²) in [4.78, 5) is 11.6. The first-order valence-electron chi connectivity index (χ1n) is 6.38. The van der Waals surface area contributed by atoms with Crippen molar-refractivity contribution in [2.45, 2.75) is 25.9 Å². The van der Waals surface area contributed by atoms with Gasteiger partial charge >= 0.3 is 0 Å². The van der Waals surface area contributed by atoms with Gasteiger partial charge in [0.1, 0.15) is 5.75 Å². The summed E-state index contributed by atoms with van der Waals surface area (Å²) >= 11 is 5.84. The summed E-state index contributed by atoms with van der Waals surface area (Å²) < 4.78 is 5.44. The molecule has 1 amide bonds. The number of hydrogen-bond donors (Lipinski definition) is 2. The fourth-order valence-electron chi connectivity index (χ4n) is 2.09. The topological polar surface area (TPSA) is 58.6 Å². The van der Waals surface area contributed by atoms with Gasteiger partial charge in [0.2, 0.25) is 0 Å². The predicted molar refractivity (Wildman–Crippen MR) is 73.4 cm³/mol. The molecule has 1 aromatic carbocycles. The van der Waals surface area contributed by atoms with Gasteiger partial charge in [-0.25, -0.2) is 0 Å². The van der Waals surface area contributed by atoms with Gasteiger partial charge in [-0.2, -0.15) is 0 Å². The van der Waals surface area contributed by atoms with E-state index < -0.39 is 0 Å². The molecular formula is C14H18ClNO3. The summed E-state index contributed by atoms with van der Waals surface area (Å²) in [6.07, 6.45) is 1.37.